The van der Waals surface area contributed by atoms with Gasteiger partial charge in [-0.3, -0.25) is 0 Å². The van der Waals surface area contributed by atoms with E-state index >= 15 is 0 Å². The van der Waals surface area contributed by atoms with Gasteiger partial charge in [0.1, 0.15) is 24.3 Å². The lowest BCUT2D eigenvalue weighted by Gasteiger charge is -2.24. The van der Waals surface area contributed by atoms with Crippen molar-refractivity contribution in [2.24, 2.45) is 0 Å². The maximum atomic E-state index is 12.7. The second kappa shape index (κ2) is 10.6. The molecule has 3 rings (SSSR count). The number of rotatable bonds is 8. The molecule has 1 aliphatic rings. The Morgan fingerprint density at radius 3 is 2.06 bits per heavy atom. The zero-order valence-corrected chi connectivity index (χ0v) is 18.3. The second-order valence-electron chi connectivity index (χ2n) is 7.35. The minimum atomic E-state index is -0.932. The number of carbonyl (C=O) groups is 2. The number of aryl methyl sites for hydroxylation is 2. The van der Waals surface area contributed by atoms with Gasteiger partial charge >= 0.3 is 11.9 Å². The molecule has 4 atom stereocenters. The summed E-state index contributed by atoms with van der Waals surface area (Å²) in [7, 11) is 0. The molecule has 164 valence electrons. The van der Waals surface area contributed by atoms with Crippen molar-refractivity contribution in [3.8, 4) is 0 Å². The first-order valence-electron chi connectivity index (χ1n) is 9.96. The average molecular weight is 443 g/mol. The molecule has 1 fully saturated rings. The zero-order valence-electron chi connectivity index (χ0n) is 17.5. The van der Waals surface area contributed by atoms with E-state index < -0.39 is 34.8 Å². The van der Waals surface area contributed by atoms with Crippen LogP contribution in [-0.2, 0) is 14.2 Å². The molecular formula is C24H26O6S. The van der Waals surface area contributed by atoms with Crippen LogP contribution in [0.25, 0.3) is 0 Å². The smallest absolute Gasteiger partial charge is 0.338 e. The minimum Gasteiger partial charge on any atom is -0.461 e. The highest BCUT2D eigenvalue weighted by Gasteiger charge is 2.47. The highest BCUT2D eigenvalue weighted by atomic mass is 32.2. The lowest BCUT2D eigenvalue weighted by atomic mass is 10.1. The van der Waals surface area contributed by atoms with Gasteiger partial charge in [-0.25, -0.2) is 9.59 Å². The Morgan fingerprint density at radius 1 is 0.968 bits per heavy atom. The first-order chi connectivity index (χ1) is 14.9. The van der Waals surface area contributed by atoms with E-state index in [-0.39, 0.29) is 13.2 Å². The van der Waals surface area contributed by atoms with Crippen LogP contribution >= 0.6 is 11.8 Å². The Bertz CT molecular complexity index is 909. The normalized spacial score (nSPS) is 22.7. The third-order valence-corrected chi connectivity index (χ3v) is 6.19. The van der Waals surface area contributed by atoms with Gasteiger partial charge in [0.15, 0.2) is 0 Å². The summed E-state index contributed by atoms with van der Waals surface area (Å²) in [4.78, 5) is 25.1. The summed E-state index contributed by atoms with van der Waals surface area (Å²) in [5, 5.41) is 9.98. The monoisotopic (exact) mass is 442 g/mol. The number of aliphatic hydroxyl groups excluding tert-OH is 1. The molecule has 1 heterocycles. The number of hydrogen-bond donors (Lipinski definition) is 1. The zero-order chi connectivity index (χ0) is 22.4. The van der Waals surface area contributed by atoms with Crippen molar-refractivity contribution in [3.05, 3.63) is 83.4 Å². The minimum absolute atomic E-state index is 0.0335. The van der Waals surface area contributed by atoms with E-state index in [1.165, 1.54) is 0 Å². The highest BCUT2D eigenvalue weighted by molar-refractivity contribution is 8.00. The molecule has 0 amide bonds. The molecule has 2 aromatic carbocycles. The maximum Gasteiger partial charge on any atom is 0.338 e. The Kier molecular flexibility index (Phi) is 7.90. The summed E-state index contributed by atoms with van der Waals surface area (Å²) < 4.78 is 16.8. The first-order valence-corrected chi connectivity index (χ1v) is 10.9. The van der Waals surface area contributed by atoms with Crippen molar-refractivity contribution < 1.29 is 28.9 Å². The van der Waals surface area contributed by atoms with Crippen molar-refractivity contribution in [1.29, 1.82) is 0 Å². The third kappa shape index (κ3) is 5.97. The topological polar surface area (TPSA) is 82.1 Å². The lowest BCUT2D eigenvalue weighted by Crippen LogP contribution is -2.40. The Labute approximate surface area is 186 Å². The molecule has 0 saturated carbocycles. The summed E-state index contributed by atoms with van der Waals surface area (Å²) in [6, 6.07) is 14.1. The number of thioether (sulfide) groups is 1. The van der Waals surface area contributed by atoms with E-state index in [0.717, 1.165) is 22.9 Å². The van der Waals surface area contributed by atoms with E-state index in [1.54, 1.807) is 30.3 Å². The summed E-state index contributed by atoms with van der Waals surface area (Å²) in [5.41, 5.74) is 1.96. The lowest BCUT2D eigenvalue weighted by molar-refractivity contribution is -0.0685. The number of ether oxygens (including phenoxy) is 3. The van der Waals surface area contributed by atoms with Gasteiger partial charge < -0.3 is 19.3 Å². The van der Waals surface area contributed by atoms with Crippen molar-refractivity contribution in [1.82, 2.24) is 0 Å². The van der Waals surface area contributed by atoms with Gasteiger partial charge in [-0.2, -0.15) is 0 Å². The van der Waals surface area contributed by atoms with Crippen molar-refractivity contribution in [2.45, 2.75) is 36.7 Å². The van der Waals surface area contributed by atoms with Crippen LogP contribution in [0, 0.1) is 13.8 Å². The quantitative estimate of drug-likeness (QED) is 0.493. The Hall–Kier alpha value is -2.61. The highest BCUT2D eigenvalue weighted by Crippen LogP contribution is 2.37. The largest absolute Gasteiger partial charge is 0.461 e. The summed E-state index contributed by atoms with van der Waals surface area (Å²) in [6.45, 7) is 7.63. The molecule has 2 aromatic rings. The number of carbonyl (C=O) groups excluding carboxylic acids is 2. The van der Waals surface area contributed by atoms with Crippen LogP contribution in [0.15, 0.2) is 61.2 Å². The molecule has 0 bridgehead atoms. The summed E-state index contributed by atoms with van der Waals surface area (Å²) in [5.74, 6) is -1.00. The molecule has 6 nitrogen and oxygen atoms in total. The van der Waals surface area contributed by atoms with Crippen LogP contribution in [0.5, 0.6) is 0 Å². The number of esters is 2. The van der Waals surface area contributed by atoms with E-state index in [1.807, 2.05) is 38.1 Å². The fourth-order valence-electron chi connectivity index (χ4n) is 3.15. The van der Waals surface area contributed by atoms with E-state index in [9.17, 15) is 14.7 Å². The molecule has 0 aliphatic carbocycles. The first kappa shape index (κ1) is 23.1. The SMILES string of the molecule is C=CCO[C@H]1C(O)S[C@@H](COC(=O)c2ccc(C)cc2)[C@H]1OC(=O)c1ccc(C)cc1. The maximum absolute atomic E-state index is 12.7. The predicted octanol–water partition coefficient (Wildman–Crippen LogP) is 3.69. The van der Waals surface area contributed by atoms with Gasteiger partial charge in [0.05, 0.1) is 23.0 Å². The fraction of sp³-hybridized carbons (Fsp3) is 0.333. The molecule has 31 heavy (non-hydrogen) atoms. The molecule has 1 N–H and O–H groups in total. The molecule has 1 unspecified atom stereocenters. The van der Waals surface area contributed by atoms with Crippen LogP contribution in [0.3, 0.4) is 0 Å². The summed E-state index contributed by atoms with van der Waals surface area (Å²) in [6.07, 6.45) is 0.00102. The van der Waals surface area contributed by atoms with Crippen LogP contribution < -0.4 is 0 Å². The molecule has 1 aliphatic heterocycles. The number of aliphatic hydroxyl groups is 1. The van der Waals surface area contributed by atoms with E-state index in [2.05, 4.69) is 6.58 Å². The Balaban J connectivity index is 1.70. The van der Waals surface area contributed by atoms with E-state index in [0.29, 0.717) is 11.1 Å². The number of benzene rings is 2. The van der Waals surface area contributed by atoms with Crippen LogP contribution in [0.4, 0.5) is 0 Å². The van der Waals surface area contributed by atoms with Crippen LogP contribution in [-0.4, -0.2) is 53.2 Å². The Morgan fingerprint density at radius 2 is 1.52 bits per heavy atom. The van der Waals surface area contributed by atoms with Gasteiger partial charge in [0, 0.05) is 0 Å². The molecule has 0 radical (unpaired) electrons. The van der Waals surface area contributed by atoms with Crippen molar-refractivity contribution in [3.63, 3.8) is 0 Å². The fourth-order valence-corrected chi connectivity index (χ4v) is 4.41. The van der Waals surface area contributed by atoms with Gasteiger partial charge in [-0.15, -0.1) is 18.3 Å². The molecule has 1 saturated heterocycles. The van der Waals surface area contributed by atoms with Crippen molar-refractivity contribution >= 4 is 23.7 Å². The molecular weight excluding hydrogens is 416 g/mol. The standard InChI is InChI=1S/C24H26O6S/c1-4-13-28-21-20(30-23(26)18-11-7-16(3)8-12-18)19(31-24(21)27)14-29-22(25)17-9-5-15(2)6-10-17/h4-12,19-21,24,27H,1,13-14H2,2-3H3/t19-,20+,21+,24?/m0/s1. The number of hydrogen-bond acceptors (Lipinski definition) is 7. The van der Waals surface area contributed by atoms with Crippen molar-refractivity contribution in [2.75, 3.05) is 13.2 Å². The second-order valence-corrected chi connectivity index (χ2v) is 8.71. The predicted molar refractivity (Wildman–Crippen MR) is 119 cm³/mol. The molecule has 0 spiro atoms. The third-order valence-electron chi connectivity index (χ3n) is 4.89. The van der Waals surface area contributed by atoms with Crippen LogP contribution in [0.1, 0.15) is 31.8 Å². The molecule has 0 aromatic heterocycles. The van der Waals surface area contributed by atoms with E-state index in [4.69, 9.17) is 14.2 Å². The van der Waals surface area contributed by atoms with Gasteiger partial charge in [0.2, 0.25) is 0 Å². The molecule has 7 heteroatoms. The van der Waals surface area contributed by atoms with Crippen LogP contribution in [0.2, 0.25) is 0 Å². The average Bonchev–Trinajstić information content (AvgIpc) is 3.05. The summed E-state index contributed by atoms with van der Waals surface area (Å²) >= 11 is 1.15. The van der Waals surface area contributed by atoms with Gasteiger partial charge in [-0.1, -0.05) is 41.5 Å². The van der Waals surface area contributed by atoms with Gasteiger partial charge in [0.25, 0.3) is 0 Å². The van der Waals surface area contributed by atoms with Gasteiger partial charge in [-0.05, 0) is 38.1 Å².